The normalized spacial score (nSPS) is 12.6. The number of rotatable bonds is 7. The molecule has 0 heterocycles. The maximum absolute atomic E-state index is 12.5. The van der Waals surface area contributed by atoms with Gasteiger partial charge in [0.05, 0.1) is 12.0 Å². The summed E-state index contributed by atoms with van der Waals surface area (Å²) in [7, 11) is -2.37. The number of carbonyl (C=O) groups excluding carboxylic acids is 1. The highest BCUT2D eigenvalue weighted by molar-refractivity contribution is 7.89. The van der Waals surface area contributed by atoms with Gasteiger partial charge in [-0.25, -0.2) is 8.42 Å². The number of primary amides is 1. The molecule has 0 spiro atoms. The van der Waals surface area contributed by atoms with Gasteiger partial charge < -0.3 is 10.5 Å². The summed E-state index contributed by atoms with van der Waals surface area (Å²) in [5.41, 5.74) is 6.85. The second-order valence-electron chi connectivity index (χ2n) is 5.40. The van der Waals surface area contributed by atoms with E-state index < -0.39 is 22.0 Å². The molecule has 2 aromatic carbocycles. The van der Waals surface area contributed by atoms with Crippen LogP contribution in [0.1, 0.15) is 11.1 Å². The van der Waals surface area contributed by atoms with Gasteiger partial charge in [0.15, 0.2) is 0 Å². The standard InChI is InChI=1S/C17H20N2O4S/c1-12-10-14(8-9-16(12)23-2)24(21,22)19-15(17(18)20)11-13-6-4-3-5-7-13/h3-10,15,19H,11H2,1-2H3,(H2,18,20)/t15-/m0/s1. The van der Waals surface area contributed by atoms with E-state index in [-0.39, 0.29) is 11.3 Å². The van der Waals surface area contributed by atoms with Gasteiger partial charge in [0, 0.05) is 0 Å². The van der Waals surface area contributed by atoms with Crippen LogP contribution in [0.4, 0.5) is 0 Å². The van der Waals surface area contributed by atoms with Crippen LogP contribution in [0.15, 0.2) is 53.4 Å². The van der Waals surface area contributed by atoms with Crippen LogP contribution < -0.4 is 15.2 Å². The molecule has 1 atom stereocenters. The maximum atomic E-state index is 12.5. The number of carbonyl (C=O) groups is 1. The van der Waals surface area contributed by atoms with Crippen molar-refractivity contribution in [2.75, 3.05) is 7.11 Å². The van der Waals surface area contributed by atoms with E-state index in [0.717, 1.165) is 5.56 Å². The summed E-state index contributed by atoms with van der Waals surface area (Å²) in [6.45, 7) is 1.74. The number of ether oxygens (including phenoxy) is 1. The van der Waals surface area contributed by atoms with E-state index in [1.165, 1.54) is 19.2 Å². The van der Waals surface area contributed by atoms with Crippen molar-refractivity contribution in [1.29, 1.82) is 0 Å². The Balaban J connectivity index is 2.24. The van der Waals surface area contributed by atoms with Crippen LogP contribution in [-0.4, -0.2) is 27.5 Å². The van der Waals surface area contributed by atoms with Crippen molar-refractivity contribution in [1.82, 2.24) is 4.72 Å². The molecule has 0 unspecified atom stereocenters. The van der Waals surface area contributed by atoms with Crippen LogP contribution in [0.25, 0.3) is 0 Å². The Kier molecular flexibility index (Phi) is 5.58. The first kappa shape index (κ1) is 18.0. The van der Waals surface area contributed by atoms with Crippen LogP contribution in [-0.2, 0) is 21.2 Å². The smallest absolute Gasteiger partial charge is 0.241 e. The second-order valence-corrected chi connectivity index (χ2v) is 7.11. The summed E-state index contributed by atoms with van der Waals surface area (Å²) in [6.07, 6.45) is 0.185. The van der Waals surface area contributed by atoms with Gasteiger partial charge in [-0.2, -0.15) is 4.72 Å². The number of benzene rings is 2. The number of aryl methyl sites for hydroxylation is 1. The molecule has 6 nitrogen and oxygen atoms in total. The second kappa shape index (κ2) is 7.46. The van der Waals surface area contributed by atoms with Crippen molar-refractivity contribution in [3.8, 4) is 5.75 Å². The zero-order valence-electron chi connectivity index (χ0n) is 13.5. The van der Waals surface area contributed by atoms with Gasteiger partial charge in [0.1, 0.15) is 11.8 Å². The van der Waals surface area contributed by atoms with Crippen molar-refractivity contribution in [2.24, 2.45) is 5.73 Å². The van der Waals surface area contributed by atoms with Crippen LogP contribution in [0, 0.1) is 6.92 Å². The molecule has 0 fully saturated rings. The van der Waals surface area contributed by atoms with Crippen molar-refractivity contribution >= 4 is 15.9 Å². The zero-order valence-corrected chi connectivity index (χ0v) is 14.3. The fourth-order valence-electron chi connectivity index (χ4n) is 2.32. The molecule has 2 rings (SSSR count). The van der Waals surface area contributed by atoms with Crippen LogP contribution >= 0.6 is 0 Å². The molecule has 0 saturated heterocycles. The quantitative estimate of drug-likeness (QED) is 0.790. The van der Waals surface area contributed by atoms with E-state index in [9.17, 15) is 13.2 Å². The monoisotopic (exact) mass is 348 g/mol. The fraction of sp³-hybridized carbons (Fsp3) is 0.235. The zero-order chi connectivity index (χ0) is 17.7. The number of hydrogen-bond donors (Lipinski definition) is 2. The summed E-state index contributed by atoms with van der Waals surface area (Å²) >= 11 is 0. The minimum atomic E-state index is -3.88. The highest BCUT2D eigenvalue weighted by atomic mass is 32.2. The summed E-state index contributed by atoms with van der Waals surface area (Å²) < 4.78 is 32.6. The van der Waals surface area contributed by atoms with Gasteiger partial charge in [-0.05, 0) is 42.7 Å². The first-order valence-electron chi connectivity index (χ1n) is 7.33. The number of sulfonamides is 1. The molecule has 24 heavy (non-hydrogen) atoms. The van der Waals surface area contributed by atoms with E-state index >= 15 is 0 Å². The molecule has 0 aliphatic heterocycles. The van der Waals surface area contributed by atoms with Crippen molar-refractivity contribution in [3.63, 3.8) is 0 Å². The predicted molar refractivity (Wildman–Crippen MR) is 91.2 cm³/mol. The average Bonchev–Trinajstić information content (AvgIpc) is 2.55. The number of methoxy groups -OCH3 is 1. The lowest BCUT2D eigenvalue weighted by atomic mass is 10.1. The minimum Gasteiger partial charge on any atom is -0.496 e. The lowest BCUT2D eigenvalue weighted by Gasteiger charge is -2.16. The van der Waals surface area contributed by atoms with Gasteiger partial charge in [0.25, 0.3) is 0 Å². The van der Waals surface area contributed by atoms with E-state index in [0.29, 0.717) is 11.3 Å². The summed E-state index contributed by atoms with van der Waals surface area (Å²) in [4.78, 5) is 11.7. The number of nitrogens with one attached hydrogen (secondary N) is 1. The molecule has 0 aliphatic rings. The van der Waals surface area contributed by atoms with Crippen LogP contribution in [0.5, 0.6) is 5.75 Å². The van der Waals surface area contributed by atoms with Crippen molar-refractivity contribution < 1.29 is 17.9 Å². The highest BCUT2D eigenvalue weighted by Crippen LogP contribution is 2.21. The third-order valence-corrected chi connectivity index (χ3v) is 5.07. The third kappa shape index (κ3) is 4.33. The molecule has 128 valence electrons. The fourth-order valence-corrected chi connectivity index (χ4v) is 3.61. The van der Waals surface area contributed by atoms with Gasteiger partial charge in [-0.3, -0.25) is 4.79 Å². The molecular weight excluding hydrogens is 328 g/mol. The Hall–Kier alpha value is -2.38. The average molecular weight is 348 g/mol. The van der Waals surface area contributed by atoms with E-state index in [1.807, 2.05) is 30.3 Å². The Morgan fingerprint density at radius 1 is 1.21 bits per heavy atom. The van der Waals surface area contributed by atoms with E-state index in [2.05, 4.69) is 4.72 Å². The molecule has 0 saturated carbocycles. The first-order chi connectivity index (χ1) is 11.3. The Labute approximate surface area is 141 Å². The van der Waals surface area contributed by atoms with Crippen LogP contribution in [0.3, 0.4) is 0 Å². The molecular formula is C17H20N2O4S. The Morgan fingerprint density at radius 2 is 1.88 bits per heavy atom. The Morgan fingerprint density at radius 3 is 2.42 bits per heavy atom. The predicted octanol–water partition coefficient (Wildman–Crippen LogP) is 1.38. The van der Waals surface area contributed by atoms with Crippen LogP contribution in [0.2, 0.25) is 0 Å². The molecule has 1 amide bonds. The topological polar surface area (TPSA) is 98.5 Å². The largest absolute Gasteiger partial charge is 0.496 e. The van der Waals surface area contributed by atoms with E-state index in [4.69, 9.17) is 10.5 Å². The van der Waals surface area contributed by atoms with Crippen molar-refractivity contribution in [2.45, 2.75) is 24.3 Å². The summed E-state index contributed by atoms with van der Waals surface area (Å²) in [6, 6.07) is 12.5. The van der Waals surface area contributed by atoms with Crippen molar-refractivity contribution in [3.05, 3.63) is 59.7 Å². The lowest BCUT2D eigenvalue weighted by Crippen LogP contribution is -2.45. The molecule has 7 heteroatoms. The molecule has 0 radical (unpaired) electrons. The Bertz CT molecular complexity index is 820. The summed E-state index contributed by atoms with van der Waals surface area (Å²) in [5.74, 6) is -0.141. The molecule has 0 bridgehead atoms. The highest BCUT2D eigenvalue weighted by Gasteiger charge is 2.24. The molecule has 0 aromatic heterocycles. The number of hydrogen-bond acceptors (Lipinski definition) is 4. The van der Waals surface area contributed by atoms with Gasteiger partial charge in [-0.15, -0.1) is 0 Å². The molecule has 0 aliphatic carbocycles. The van der Waals surface area contributed by atoms with Gasteiger partial charge >= 0.3 is 0 Å². The minimum absolute atomic E-state index is 0.0557. The lowest BCUT2D eigenvalue weighted by molar-refractivity contribution is -0.119. The number of amides is 1. The first-order valence-corrected chi connectivity index (χ1v) is 8.82. The van der Waals surface area contributed by atoms with E-state index in [1.54, 1.807) is 13.0 Å². The number of nitrogens with two attached hydrogens (primary N) is 1. The van der Waals surface area contributed by atoms with Gasteiger partial charge in [0.2, 0.25) is 15.9 Å². The SMILES string of the molecule is COc1ccc(S(=O)(=O)N[C@@H](Cc2ccccc2)C(N)=O)cc1C. The third-order valence-electron chi connectivity index (χ3n) is 3.60. The summed E-state index contributed by atoms with van der Waals surface area (Å²) in [5, 5.41) is 0. The van der Waals surface area contributed by atoms with Gasteiger partial charge in [-0.1, -0.05) is 30.3 Å². The molecule has 3 N–H and O–H groups in total. The molecule has 2 aromatic rings. The maximum Gasteiger partial charge on any atom is 0.241 e.